The fourth-order valence-electron chi connectivity index (χ4n) is 2.51. The largest absolute Gasteiger partial charge is 0.497 e. The van der Waals surface area contributed by atoms with Gasteiger partial charge < -0.3 is 4.74 Å². The van der Waals surface area contributed by atoms with Crippen molar-refractivity contribution in [3.8, 4) is 17.0 Å². The number of fused-ring (bicyclic) bond motifs is 3. The summed E-state index contributed by atoms with van der Waals surface area (Å²) < 4.78 is 7.01. The second-order valence-electron chi connectivity index (χ2n) is 4.85. The van der Waals surface area contributed by atoms with Crippen LogP contribution in [0.15, 0.2) is 60.9 Å². The lowest BCUT2D eigenvalue weighted by atomic mass is 10.1. The van der Waals surface area contributed by atoms with Crippen LogP contribution < -0.4 is 4.74 Å². The van der Waals surface area contributed by atoms with Crippen molar-refractivity contribution in [1.29, 1.82) is 0 Å². The van der Waals surface area contributed by atoms with Gasteiger partial charge in [-0.05, 0) is 36.4 Å². The summed E-state index contributed by atoms with van der Waals surface area (Å²) in [6.07, 6.45) is 1.75. The predicted octanol–water partition coefficient (Wildman–Crippen LogP) is 3.56. The molecule has 0 aliphatic heterocycles. The number of ether oxygens (including phenoxy) is 1. The zero-order valence-electron chi connectivity index (χ0n) is 11.5. The van der Waals surface area contributed by atoms with E-state index in [0.29, 0.717) is 0 Å². The van der Waals surface area contributed by atoms with E-state index in [0.717, 1.165) is 33.4 Å². The maximum absolute atomic E-state index is 5.19. The third-order valence-electron chi connectivity index (χ3n) is 3.61. The van der Waals surface area contributed by atoms with Gasteiger partial charge in [-0.2, -0.15) is 5.10 Å². The molecule has 0 fully saturated rings. The highest BCUT2D eigenvalue weighted by Gasteiger charge is 2.08. The molecule has 0 atom stereocenters. The second kappa shape index (κ2) is 4.59. The predicted molar refractivity (Wildman–Crippen MR) is 82.5 cm³/mol. The third kappa shape index (κ3) is 1.92. The summed E-state index contributed by atoms with van der Waals surface area (Å²) in [7, 11) is 1.66. The molecule has 0 bridgehead atoms. The van der Waals surface area contributed by atoms with Crippen LogP contribution >= 0.6 is 0 Å². The van der Waals surface area contributed by atoms with Gasteiger partial charge in [0.15, 0.2) is 0 Å². The standard InChI is InChI=1S/C17H13N3O/c1-21-13-8-6-12(7-9-13)16-10-17-14-4-2-3-5-15(14)18-11-20(17)19-16/h2-11H,1H3. The first-order chi connectivity index (χ1) is 10.3. The average molecular weight is 275 g/mol. The molecule has 0 N–H and O–H groups in total. The summed E-state index contributed by atoms with van der Waals surface area (Å²) in [5.41, 5.74) is 4.02. The molecule has 0 aliphatic carbocycles. The summed E-state index contributed by atoms with van der Waals surface area (Å²) >= 11 is 0. The number of hydrogen-bond donors (Lipinski definition) is 0. The molecule has 4 nitrogen and oxygen atoms in total. The zero-order valence-corrected chi connectivity index (χ0v) is 11.5. The number of methoxy groups -OCH3 is 1. The topological polar surface area (TPSA) is 39.4 Å². The first kappa shape index (κ1) is 11.9. The van der Waals surface area contributed by atoms with Crippen molar-refractivity contribution in [2.24, 2.45) is 0 Å². The number of nitrogens with zero attached hydrogens (tertiary/aromatic N) is 3. The molecule has 0 amide bonds. The summed E-state index contributed by atoms with van der Waals surface area (Å²) in [5.74, 6) is 0.842. The zero-order chi connectivity index (χ0) is 14.2. The highest BCUT2D eigenvalue weighted by molar-refractivity contribution is 5.94. The Morgan fingerprint density at radius 2 is 1.81 bits per heavy atom. The quantitative estimate of drug-likeness (QED) is 0.561. The van der Waals surface area contributed by atoms with Gasteiger partial charge in [-0.3, -0.25) is 0 Å². The minimum atomic E-state index is 0.842. The molecule has 0 radical (unpaired) electrons. The fraction of sp³-hybridized carbons (Fsp3) is 0.0588. The van der Waals surface area contributed by atoms with Crippen molar-refractivity contribution in [1.82, 2.24) is 14.6 Å². The van der Waals surface area contributed by atoms with E-state index in [1.165, 1.54) is 0 Å². The smallest absolute Gasteiger partial charge is 0.118 e. The number of rotatable bonds is 2. The van der Waals surface area contributed by atoms with Crippen molar-refractivity contribution in [3.63, 3.8) is 0 Å². The normalized spacial score (nSPS) is 11.1. The lowest BCUT2D eigenvalue weighted by Gasteiger charge is -1.99. The Morgan fingerprint density at radius 1 is 1.00 bits per heavy atom. The van der Waals surface area contributed by atoms with Crippen LogP contribution in [-0.4, -0.2) is 21.7 Å². The molecule has 0 aliphatic rings. The van der Waals surface area contributed by atoms with Crippen molar-refractivity contribution in [2.45, 2.75) is 0 Å². The molecule has 4 rings (SSSR count). The van der Waals surface area contributed by atoms with Gasteiger partial charge in [0.25, 0.3) is 0 Å². The Bertz CT molecular complexity index is 926. The van der Waals surface area contributed by atoms with Gasteiger partial charge in [-0.1, -0.05) is 18.2 Å². The summed E-state index contributed by atoms with van der Waals surface area (Å²) in [5, 5.41) is 5.71. The van der Waals surface area contributed by atoms with Gasteiger partial charge in [0.2, 0.25) is 0 Å². The van der Waals surface area contributed by atoms with E-state index in [-0.39, 0.29) is 0 Å². The van der Waals surface area contributed by atoms with Gasteiger partial charge in [0.05, 0.1) is 23.8 Å². The molecule has 0 saturated carbocycles. The van der Waals surface area contributed by atoms with Gasteiger partial charge >= 0.3 is 0 Å². The van der Waals surface area contributed by atoms with Crippen LogP contribution in [-0.2, 0) is 0 Å². The van der Waals surface area contributed by atoms with Crippen molar-refractivity contribution in [3.05, 3.63) is 60.9 Å². The summed E-state index contributed by atoms with van der Waals surface area (Å²) in [6, 6.07) is 18.1. The maximum Gasteiger partial charge on any atom is 0.118 e. The number of benzene rings is 2. The molecule has 2 aromatic carbocycles. The van der Waals surface area contributed by atoms with E-state index in [1.807, 2.05) is 47.0 Å². The molecule has 0 saturated heterocycles. The SMILES string of the molecule is COc1ccc(-c2cc3c4ccccc4ncn3n2)cc1. The van der Waals surface area contributed by atoms with Gasteiger partial charge in [-0.15, -0.1) is 0 Å². The molecular weight excluding hydrogens is 262 g/mol. The first-order valence-electron chi connectivity index (χ1n) is 6.73. The van der Waals surface area contributed by atoms with E-state index < -0.39 is 0 Å². The molecule has 2 heterocycles. The van der Waals surface area contributed by atoms with Crippen LogP contribution in [0.5, 0.6) is 5.75 Å². The number of aromatic nitrogens is 3. The molecule has 4 aromatic rings. The summed E-state index contributed by atoms with van der Waals surface area (Å²) in [4.78, 5) is 4.42. The van der Waals surface area contributed by atoms with E-state index in [2.05, 4.69) is 22.2 Å². The molecule has 21 heavy (non-hydrogen) atoms. The maximum atomic E-state index is 5.19. The molecule has 0 unspecified atom stereocenters. The summed E-state index contributed by atoms with van der Waals surface area (Å²) in [6.45, 7) is 0. The van der Waals surface area contributed by atoms with E-state index in [1.54, 1.807) is 13.4 Å². The molecular formula is C17H13N3O. The Morgan fingerprint density at radius 3 is 2.62 bits per heavy atom. The highest BCUT2D eigenvalue weighted by atomic mass is 16.5. The lowest BCUT2D eigenvalue weighted by Crippen LogP contribution is -1.90. The van der Waals surface area contributed by atoms with Crippen LogP contribution in [0.2, 0.25) is 0 Å². The second-order valence-corrected chi connectivity index (χ2v) is 4.85. The van der Waals surface area contributed by atoms with E-state index >= 15 is 0 Å². The molecule has 102 valence electrons. The molecule has 0 spiro atoms. The minimum absolute atomic E-state index is 0.842. The van der Waals surface area contributed by atoms with E-state index in [9.17, 15) is 0 Å². The molecule has 2 aromatic heterocycles. The Balaban J connectivity index is 1.91. The Kier molecular flexibility index (Phi) is 2.60. The minimum Gasteiger partial charge on any atom is -0.497 e. The van der Waals surface area contributed by atoms with E-state index in [4.69, 9.17) is 4.74 Å². The van der Waals surface area contributed by atoms with Crippen molar-refractivity contribution < 1.29 is 4.74 Å². The Labute approximate surface area is 121 Å². The fourth-order valence-corrected chi connectivity index (χ4v) is 2.51. The lowest BCUT2D eigenvalue weighted by molar-refractivity contribution is 0.415. The van der Waals surface area contributed by atoms with Crippen LogP contribution in [0.4, 0.5) is 0 Å². The number of hydrogen-bond acceptors (Lipinski definition) is 3. The Hall–Kier alpha value is -2.88. The number of para-hydroxylation sites is 1. The van der Waals surface area contributed by atoms with Gasteiger partial charge in [0.1, 0.15) is 12.1 Å². The first-order valence-corrected chi connectivity index (χ1v) is 6.73. The van der Waals surface area contributed by atoms with Crippen molar-refractivity contribution >= 4 is 16.4 Å². The monoisotopic (exact) mass is 275 g/mol. The van der Waals surface area contributed by atoms with Crippen LogP contribution in [0.25, 0.3) is 27.7 Å². The van der Waals surface area contributed by atoms with Crippen LogP contribution in [0.1, 0.15) is 0 Å². The molecule has 4 heteroatoms. The van der Waals surface area contributed by atoms with Crippen LogP contribution in [0, 0.1) is 0 Å². The third-order valence-corrected chi connectivity index (χ3v) is 3.61. The average Bonchev–Trinajstić information content (AvgIpc) is 2.99. The van der Waals surface area contributed by atoms with Crippen LogP contribution in [0.3, 0.4) is 0 Å². The van der Waals surface area contributed by atoms with Gasteiger partial charge in [0, 0.05) is 10.9 Å². The highest BCUT2D eigenvalue weighted by Crippen LogP contribution is 2.25. The van der Waals surface area contributed by atoms with Crippen molar-refractivity contribution in [2.75, 3.05) is 7.11 Å². The van der Waals surface area contributed by atoms with Gasteiger partial charge in [-0.25, -0.2) is 9.50 Å².